The van der Waals surface area contributed by atoms with Crippen molar-refractivity contribution in [2.24, 2.45) is 5.41 Å². The molecular weight excluding hydrogens is 240 g/mol. The van der Waals surface area contributed by atoms with Gasteiger partial charge in [0.25, 0.3) is 0 Å². The van der Waals surface area contributed by atoms with Gasteiger partial charge in [0.1, 0.15) is 0 Å². The lowest BCUT2D eigenvalue weighted by atomic mass is 9.90. The Balaban J connectivity index is 2.40. The Labute approximate surface area is 107 Å². The molecule has 1 N–H and O–H groups in total. The third-order valence-corrected chi connectivity index (χ3v) is 3.46. The number of aliphatic hydroxyl groups excluding tert-OH is 1. The van der Waals surface area contributed by atoms with Crippen LogP contribution in [0.15, 0.2) is 29.2 Å². The van der Waals surface area contributed by atoms with Gasteiger partial charge in [-0.05, 0) is 30.0 Å². The van der Waals surface area contributed by atoms with Gasteiger partial charge in [-0.25, -0.2) is 0 Å². The molecular formula is C13H19ClOS. The van der Waals surface area contributed by atoms with Crippen LogP contribution >= 0.6 is 23.4 Å². The summed E-state index contributed by atoms with van der Waals surface area (Å²) in [7, 11) is 0. The fraction of sp³-hybridized carbons (Fsp3) is 0.538. The number of rotatable bonds is 4. The Hall–Kier alpha value is -0.180. The largest absolute Gasteiger partial charge is 0.392 e. The Bertz CT molecular complexity index is 333. The van der Waals surface area contributed by atoms with Gasteiger partial charge in [-0.3, -0.25) is 0 Å². The summed E-state index contributed by atoms with van der Waals surface area (Å²) < 4.78 is 0. The number of thioether (sulfide) groups is 1. The highest BCUT2D eigenvalue weighted by atomic mass is 35.5. The molecule has 16 heavy (non-hydrogen) atoms. The Morgan fingerprint density at radius 3 is 2.62 bits per heavy atom. The van der Waals surface area contributed by atoms with Crippen LogP contribution in [0.4, 0.5) is 0 Å². The minimum atomic E-state index is -0.260. The minimum Gasteiger partial charge on any atom is -0.392 e. The first-order valence-electron chi connectivity index (χ1n) is 5.43. The highest BCUT2D eigenvalue weighted by Gasteiger charge is 2.16. The van der Waals surface area contributed by atoms with E-state index in [1.807, 2.05) is 24.3 Å². The standard InChI is InChI=1S/C13H19ClOS/c1-13(2,3)8-11(15)9-16-12-6-4-5-10(14)7-12/h4-7,11,15H,8-9H2,1-3H3. The summed E-state index contributed by atoms with van der Waals surface area (Å²) in [4.78, 5) is 1.11. The molecule has 0 saturated carbocycles. The van der Waals surface area contributed by atoms with E-state index in [4.69, 9.17) is 11.6 Å². The SMILES string of the molecule is CC(C)(C)CC(O)CSc1cccc(Cl)c1. The summed E-state index contributed by atoms with van der Waals surface area (Å²) in [5.41, 5.74) is 0.175. The van der Waals surface area contributed by atoms with Crippen LogP contribution in [0.25, 0.3) is 0 Å². The van der Waals surface area contributed by atoms with Crippen molar-refractivity contribution in [3.05, 3.63) is 29.3 Å². The van der Waals surface area contributed by atoms with E-state index in [9.17, 15) is 5.11 Å². The molecule has 1 unspecified atom stereocenters. The van der Waals surface area contributed by atoms with Crippen LogP contribution in [-0.4, -0.2) is 17.0 Å². The number of benzene rings is 1. The number of hydrogen-bond acceptors (Lipinski definition) is 2. The first-order chi connectivity index (χ1) is 7.37. The van der Waals surface area contributed by atoms with Gasteiger partial charge in [0, 0.05) is 15.7 Å². The highest BCUT2D eigenvalue weighted by molar-refractivity contribution is 7.99. The molecule has 0 fully saturated rings. The second-order valence-corrected chi connectivity index (χ2v) is 6.72. The summed E-state index contributed by atoms with van der Waals surface area (Å²) in [5.74, 6) is 0.720. The Morgan fingerprint density at radius 1 is 1.38 bits per heavy atom. The molecule has 0 saturated heterocycles. The van der Waals surface area contributed by atoms with Gasteiger partial charge in [-0.15, -0.1) is 11.8 Å². The predicted octanol–water partition coefficient (Wildman–Crippen LogP) is 4.23. The van der Waals surface area contributed by atoms with Crippen molar-refractivity contribution >= 4 is 23.4 Å². The van der Waals surface area contributed by atoms with Gasteiger partial charge in [-0.1, -0.05) is 38.4 Å². The van der Waals surface area contributed by atoms with E-state index in [1.165, 1.54) is 0 Å². The van der Waals surface area contributed by atoms with Crippen LogP contribution in [0.2, 0.25) is 5.02 Å². The zero-order valence-electron chi connectivity index (χ0n) is 10.0. The highest BCUT2D eigenvalue weighted by Crippen LogP contribution is 2.26. The van der Waals surface area contributed by atoms with E-state index in [0.717, 1.165) is 22.1 Å². The van der Waals surface area contributed by atoms with Crippen LogP contribution in [0.5, 0.6) is 0 Å². The maximum Gasteiger partial charge on any atom is 0.0639 e. The number of hydrogen-bond donors (Lipinski definition) is 1. The second-order valence-electron chi connectivity index (χ2n) is 5.19. The molecule has 0 aliphatic rings. The van der Waals surface area contributed by atoms with Crippen LogP contribution in [0.1, 0.15) is 27.2 Å². The summed E-state index contributed by atoms with van der Waals surface area (Å²) in [6.07, 6.45) is 0.560. The maximum absolute atomic E-state index is 9.86. The van der Waals surface area contributed by atoms with Gasteiger partial charge in [0.2, 0.25) is 0 Å². The molecule has 0 bridgehead atoms. The molecule has 0 aliphatic heterocycles. The third kappa shape index (κ3) is 5.78. The molecule has 90 valence electrons. The first-order valence-corrected chi connectivity index (χ1v) is 6.79. The molecule has 1 aromatic carbocycles. The molecule has 1 aromatic rings. The van der Waals surface area contributed by atoms with E-state index in [2.05, 4.69) is 20.8 Å². The van der Waals surface area contributed by atoms with Gasteiger partial charge < -0.3 is 5.11 Å². The topological polar surface area (TPSA) is 20.2 Å². The minimum absolute atomic E-state index is 0.175. The molecule has 0 spiro atoms. The van der Waals surface area contributed by atoms with Gasteiger partial charge in [0.15, 0.2) is 0 Å². The summed E-state index contributed by atoms with van der Waals surface area (Å²) >= 11 is 7.54. The molecule has 0 aromatic heterocycles. The average molecular weight is 259 g/mol. The van der Waals surface area contributed by atoms with Crippen molar-refractivity contribution in [3.63, 3.8) is 0 Å². The number of halogens is 1. The van der Waals surface area contributed by atoms with Crippen LogP contribution in [0, 0.1) is 5.41 Å². The zero-order valence-corrected chi connectivity index (χ0v) is 11.6. The molecule has 1 nitrogen and oxygen atoms in total. The lowest BCUT2D eigenvalue weighted by Gasteiger charge is -2.22. The number of aliphatic hydroxyl groups is 1. The molecule has 1 atom stereocenters. The van der Waals surface area contributed by atoms with Crippen molar-refractivity contribution in [1.29, 1.82) is 0 Å². The summed E-state index contributed by atoms with van der Waals surface area (Å²) in [6.45, 7) is 6.42. The molecule has 1 rings (SSSR count). The van der Waals surface area contributed by atoms with Crippen molar-refractivity contribution in [3.8, 4) is 0 Å². The molecule has 0 amide bonds. The Kier molecular flexibility index (Phi) is 5.16. The van der Waals surface area contributed by atoms with Crippen LogP contribution < -0.4 is 0 Å². The van der Waals surface area contributed by atoms with Crippen molar-refractivity contribution < 1.29 is 5.11 Å². The van der Waals surface area contributed by atoms with E-state index in [-0.39, 0.29) is 11.5 Å². The van der Waals surface area contributed by atoms with Crippen LogP contribution in [0.3, 0.4) is 0 Å². The average Bonchev–Trinajstić information content (AvgIpc) is 2.12. The van der Waals surface area contributed by atoms with E-state index >= 15 is 0 Å². The fourth-order valence-corrected chi connectivity index (χ4v) is 2.66. The Morgan fingerprint density at radius 2 is 2.06 bits per heavy atom. The van der Waals surface area contributed by atoms with Crippen molar-refractivity contribution in [1.82, 2.24) is 0 Å². The molecule has 0 aliphatic carbocycles. The third-order valence-electron chi connectivity index (χ3n) is 2.09. The van der Waals surface area contributed by atoms with Gasteiger partial charge in [0.05, 0.1) is 6.10 Å². The predicted molar refractivity (Wildman–Crippen MR) is 72.3 cm³/mol. The summed E-state index contributed by atoms with van der Waals surface area (Å²) in [6, 6.07) is 7.73. The lowest BCUT2D eigenvalue weighted by molar-refractivity contribution is 0.142. The first kappa shape index (κ1) is 13.9. The van der Waals surface area contributed by atoms with Crippen molar-refractivity contribution in [2.75, 3.05) is 5.75 Å². The van der Waals surface area contributed by atoms with Crippen molar-refractivity contribution in [2.45, 2.75) is 38.2 Å². The normalized spacial score (nSPS) is 13.8. The maximum atomic E-state index is 9.86. The van der Waals surface area contributed by atoms with E-state index in [1.54, 1.807) is 11.8 Å². The smallest absolute Gasteiger partial charge is 0.0639 e. The lowest BCUT2D eigenvalue weighted by Crippen LogP contribution is -2.19. The summed E-state index contributed by atoms with van der Waals surface area (Å²) in [5, 5.41) is 10.6. The quantitative estimate of drug-likeness (QED) is 0.816. The van der Waals surface area contributed by atoms with Gasteiger partial charge >= 0.3 is 0 Å². The molecule has 3 heteroatoms. The van der Waals surface area contributed by atoms with E-state index < -0.39 is 0 Å². The van der Waals surface area contributed by atoms with Crippen LogP contribution in [-0.2, 0) is 0 Å². The van der Waals surface area contributed by atoms with E-state index in [0.29, 0.717) is 0 Å². The molecule has 0 radical (unpaired) electrons. The fourth-order valence-electron chi connectivity index (χ4n) is 1.52. The monoisotopic (exact) mass is 258 g/mol. The second kappa shape index (κ2) is 5.95. The van der Waals surface area contributed by atoms with Gasteiger partial charge in [-0.2, -0.15) is 0 Å². The zero-order chi connectivity index (χ0) is 12.2. The molecule has 0 heterocycles.